The van der Waals surface area contributed by atoms with Crippen LogP contribution in [-0.4, -0.2) is 39.7 Å². The summed E-state index contributed by atoms with van der Waals surface area (Å²) in [5, 5.41) is 2.01. The number of nitrogens with one attached hydrogen (secondary N) is 1. The minimum atomic E-state index is -1.23. The highest BCUT2D eigenvalue weighted by Gasteiger charge is 2.27. The molecule has 2 atom stereocenters. The summed E-state index contributed by atoms with van der Waals surface area (Å²) < 4.78 is 22.9. The summed E-state index contributed by atoms with van der Waals surface area (Å²) in [5.74, 6) is 0.971. The molecule has 1 saturated heterocycles. The molecule has 7 heteroatoms. The van der Waals surface area contributed by atoms with Crippen LogP contribution >= 0.6 is 11.3 Å². The van der Waals surface area contributed by atoms with Gasteiger partial charge in [-0.2, -0.15) is 0 Å². The van der Waals surface area contributed by atoms with Gasteiger partial charge in [0, 0.05) is 25.7 Å². The number of pyridine rings is 1. The molecule has 5 nitrogen and oxygen atoms in total. The Balaban J connectivity index is 1.14. The monoisotopic (exact) mass is 413 g/mol. The largest absolute Gasteiger partial charge is 0.593 e. The van der Waals surface area contributed by atoms with E-state index in [1.54, 1.807) is 17.5 Å². The van der Waals surface area contributed by atoms with Crippen LogP contribution in [0.2, 0.25) is 0 Å². The molecule has 1 aliphatic carbocycles. The van der Waals surface area contributed by atoms with Crippen molar-refractivity contribution in [1.82, 2.24) is 14.6 Å². The minimum Gasteiger partial charge on any atom is -0.593 e. The molecule has 3 heterocycles. The van der Waals surface area contributed by atoms with E-state index < -0.39 is 11.4 Å². The number of thiophene rings is 1. The lowest BCUT2D eigenvalue weighted by Crippen LogP contribution is -2.37. The molecule has 28 heavy (non-hydrogen) atoms. The first-order chi connectivity index (χ1) is 13.7. The standard InChI is InChI=1S/C21H23N3O2S2/c25-28(19-11-21-20(22-12-19)8-10-27-21)23-16-7-9-24(14-16)13-15-1-3-17(4-2-15)26-18-5-6-18/h1-4,8,10-12,16,18,23H,5-7,9,13-14H2/t16-,28+/m1/s1. The smallest absolute Gasteiger partial charge is 0.193 e. The Morgan fingerprint density at radius 2 is 2.07 bits per heavy atom. The topological polar surface area (TPSA) is 60.5 Å². The third-order valence-electron chi connectivity index (χ3n) is 5.19. The van der Waals surface area contributed by atoms with Crippen LogP contribution in [0.25, 0.3) is 10.2 Å². The average molecular weight is 414 g/mol. The van der Waals surface area contributed by atoms with Crippen molar-refractivity contribution in [1.29, 1.82) is 0 Å². The van der Waals surface area contributed by atoms with E-state index >= 15 is 0 Å². The van der Waals surface area contributed by atoms with E-state index in [9.17, 15) is 4.55 Å². The van der Waals surface area contributed by atoms with E-state index in [1.165, 1.54) is 18.4 Å². The molecule has 0 spiro atoms. The van der Waals surface area contributed by atoms with Crippen LogP contribution in [0, 0.1) is 0 Å². The van der Waals surface area contributed by atoms with E-state index in [0.717, 1.165) is 46.9 Å². The minimum absolute atomic E-state index is 0.234. The van der Waals surface area contributed by atoms with Crippen LogP contribution in [-0.2, 0) is 17.9 Å². The molecule has 3 aromatic rings. The molecule has 0 bridgehead atoms. The molecular formula is C21H23N3O2S2. The van der Waals surface area contributed by atoms with E-state index in [-0.39, 0.29) is 6.04 Å². The molecule has 0 radical (unpaired) electrons. The molecule has 1 aliphatic heterocycles. The molecular weight excluding hydrogens is 390 g/mol. The fourth-order valence-corrected chi connectivity index (χ4v) is 5.39. The molecule has 1 saturated carbocycles. The van der Waals surface area contributed by atoms with Crippen molar-refractivity contribution in [3.05, 3.63) is 53.5 Å². The zero-order chi connectivity index (χ0) is 18.9. The Morgan fingerprint density at radius 3 is 2.89 bits per heavy atom. The zero-order valence-corrected chi connectivity index (χ0v) is 17.2. The Hall–Kier alpha value is -1.64. The van der Waals surface area contributed by atoms with Crippen LogP contribution < -0.4 is 9.46 Å². The molecule has 146 valence electrons. The maximum atomic E-state index is 12.7. The molecule has 0 unspecified atom stereocenters. The number of nitrogens with zero attached hydrogens (tertiary/aromatic N) is 2. The van der Waals surface area contributed by atoms with Crippen LogP contribution in [0.5, 0.6) is 5.75 Å². The van der Waals surface area contributed by atoms with Gasteiger partial charge in [0.2, 0.25) is 0 Å². The second-order valence-electron chi connectivity index (χ2n) is 7.54. The molecule has 2 fully saturated rings. The van der Waals surface area contributed by atoms with Gasteiger partial charge < -0.3 is 9.29 Å². The van der Waals surface area contributed by atoms with Gasteiger partial charge in [0.25, 0.3) is 0 Å². The summed E-state index contributed by atoms with van der Waals surface area (Å²) in [5.41, 5.74) is 2.25. The van der Waals surface area contributed by atoms with Gasteiger partial charge >= 0.3 is 0 Å². The van der Waals surface area contributed by atoms with Gasteiger partial charge in [-0.1, -0.05) is 12.1 Å². The summed E-state index contributed by atoms with van der Waals surface area (Å²) in [7, 11) is 0. The van der Waals surface area contributed by atoms with Crippen molar-refractivity contribution in [3.8, 4) is 5.75 Å². The first kappa shape index (κ1) is 18.4. The summed E-state index contributed by atoms with van der Waals surface area (Å²) >= 11 is 0.402. The Labute approximate surface area is 172 Å². The van der Waals surface area contributed by atoms with Gasteiger partial charge in [-0.25, -0.2) is 0 Å². The van der Waals surface area contributed by atoms with Gasteiger partial charge in [-0.3, -0.25) is 9.88 Å². The van der Waals surface area contributed by atoms with Crippen molar-refractivity contribution in [3.63, 3.8) is 0 Å². The Morgan fingerprint density at radius 1 is 1.21 bits per heavy atom. The predicted molar refractivity (Wildman–Crippen MR) is 113 cm³/mol. The van der Waals surface area contributed by atoms with E-state index in [1.807, 2.05) is 17.5 Å². The third kappa shape index (κ3) is 4.34. The van der Waals surface area contributed by atoms with Crippen LogP contribution in [0.3, 0.4) is 0 Å². The predicted octanol–water partition coefficient (Wildman–Crippen LogP) is 3.72. The van der Waals surface area contributed by atoms with E-state index in [4.69, 9.17) is 4.74 Å². The maximum absolute atomic E-state index is 12.7. The van der Waals surface area contributed by atoms with Crippen LogP contribution in [0.15, 0.2) is 52.9 Å². The normalized spacial score (nSPS) is 21.2. The van der Waals surface area contributed by atoms with Crippen molar-refractivity contribution >= 4 is 32.9 Å². The van der Waals surface area contributed by atoms with Gasteiger partial charge in [-0.05, 0) is 48.4 Å². The number of fused-ring (bicyclic) bond motifs is 1. The first-order valence-corrected chi connectivity index (χ1v) is 11.7. The molecule has 0 amide bonds. The molecule has 2 aliphatic rings. The molecule has 1 N–H and O–H groups in total. The second kappa shape index (κ2) is 8.00. The lowest BCUT2D eigenvalue weighted by atomic mass is 10.2. The van der Waals surface area contributed by atoms with Gasteiger partial charge in [0.05, 0.1) is 39.9 Å². The maximum Gasteiger partial charge on any atom is 0.193 e. The van der Waals surface area contributed by atoms with Crippen molar-refractivity contribution in [2.24, 2.45) is 0 Å². The van der Waals surface area contributed by atoms with Crippen LogP contribution in [0.1, 0.15) is 24.8 Å². The number of likely N-dealkylation sites (tertiary alicyclic amines) is 1. The highest BCUT2D eigenvalue weighted by atomic mass is 32.2. The number of hydrogen-bond donors (Lipinski definition) is 1. The number of rotatable bonds is 7. The summed E-state index contributed by atoms with van der Waals surface area (Å²) in [4.78, 5) is 7.55. The lowest BCUT2D eigenvalue weighted by Gasteiger charge is -2.18. The molecule has 1 aromatic carbocycles. The third-order valence-corrected chi connectivity index (χ3v) is 7.25. The second-order valence-corrected chi connectivity index (χ2v) is 9.74. The highest BCUT2D eigenvalue weighted by Crippen LogP contribution is 2.27. The van der Waals surface area contributed by atoms with E-state index in [2.05, 4.69) is 38.9 Å². The average Bonchev–Trinajstić information content (AvgIpc) is 3.21. The van der Waals surface area contributed by atoms with Crippen LogP contribution in [0.4, 0.5) is 0 Å². The number of ether oxygens (including phenoxy) is 1. The van der Waals surface area contributed by atoms with Gasteiger partial charge in [0.15, 0.2) is 4.90 Å². The Kier molecular flexibility index (Phi) is 5.26. The number of benzene rings is 1. The van der Waals surface area contributed by atoms with E-state index in [0.29, 0.717) is 6.10 Å². The summed E-state index contributed by atoms with van der Waals surface area (Å²) in [6.07, 6.45) is 5.53. The van der Waals surface area contributed by atoms with Gasteiger partial charge in [-0.15, -0.1) is 16.1 Å². The summed E-state index contributed by atoms with van der Waals surface area (Å²) in [6.45, 7) is 2.83. The fourth-order valence-electron chi connectivity index (χ4n) is 3.53. The van der Waals surface area contributed by atoms with Crippen molar-refractivity contribution < 1.29 is 9.29 Å². The number of aromatic nitrogens is 1. The molecule has 2 aromatic heterocycles. The fraction of sp³-hybridized carbons (Fsp3) is 0.381. The highest BCUT2D eigenvalue weighted by molar-refractivity contribution is 7.89. The molecule has 5 rings (SSSR count). The first-order valence-electron chi connectivity index (χ1n) is 9.72. The van der Waals surface area contributed by atoms with Crippen molar-refractivity contribution in [2.75, 3.05) is 13.1 Å². The number of hydrogen-bond acceptors (Lipinski definition) is 6. The summed E-state index contributed by atoms with van der Waals surface area (Å²) in [6, 6.07) is 12.6. The van der Waals surface area contributed by atoms with Crippen molar-refractivity contribution in [2.45, 2.75) is 42.8 Å². The zero-order valence-electron chi connectivity index (χ0n) is 15.5. The quantitative estimate of drug-likeness (QED) is 0.598. The van der Waals surface area contributed by atoms with Gasteiger partial charge in [0.1, 0.15) is 5.75 Å². The SMILES string of the molecule is [O-][S@+](N[C@@H]1CCN(Cc2ccc(OC3CC3)cc2)C1)c1cnc2ccsc2c1. The lowest BCUT2D eigenvalue weighted by molar-refractivity contribution is 0.302. The Bertz CT molecular complexity index is 942.